The zero-order chi connectivity index (χ0) is 18.5. The van der Waals surface area contributed by atoms with E-state index < -0.39 is 5.91 Å². The van der Waals surface area contributed by atoms with Crippen molar-refractivity contribution in [3.05, 3.63) is 70.6 Å². The van der Waals surface area contributed by atoms with Crippen LogP contribution in [0.1, 0.15) is 10.5 Å². The van der Waals surface area contributed by atoms with E-state index in [1.807, 2.05) is 6.07 Å². The molecule has 0 radical (unpaired) electrons. The van der Waals surface area contributed by atoms with E-state index in [0.717, 1.165) is 0 Å². The fourth-order valence-electron chi connectivity index (χ4n) is 2.17. The van der Waals surface area contributed by atoms with Gasteiger partial charge in [0.1, 0.15) is 17.3 Å². The number of carbonyl (C=O) groups excluding carboxylic acids is 1. The Morgan fingerprint density at radius 2 is 1.85 bits per heavy atom. The summed E-state index contributed by atoms with van der Waals surface area (Å²) in [6.45, 7) is 0. The van der Waals surface area contributed by atoms with Crippen LogP contribution in [-0.4, -0.2) is 23.0 Å². The minimum atomic E-state index is -0.391. The molecule has 6 nitrogen and oxygen atoms in total. The molecule has 3 rings (SSSR count). The second-order valence-electron chi connectivity index (χ2n) is 5.19. The van der Waals surface area contributed by atoms with Crippen molar-refractivity contribution in [2.24, 2.45) is 0 Å². The van der Waals surface area contributed by atoms with Gasteiger partial charge in [-0.3, -0.25) is 4.79 Å². The van der Waals surface area contributed by atoms with Gasteiger partial charge >= 0.3 is 0 Å². The van der Waals surface area contributed by atoms with Crippen molar-refractivity contribution >= 4 is 46.3 Å². The molecule has 0 aliphatic rings. The van der Waals surface area contributed by atoms with Crippen molar-refractivity contribution < 1.29 is 9.53 Å². The van der Waals surface area contributed by atoms with Gasteiger partial charge < -0.3 is 15.4 Å². The summed E-state index contributed by atoms with van der Waals surface area (Å²) in [5.74, 6) is 0.616. The number of para-hydroxylation sites is 2. The van der Waals surface area contributed by atoms with Crippen LogP contribution >= 0.6 is 23.2 Å². The maximum Gasteiger partial charge on any atom is 0.275 e. The van der Waals surface area contributed by atoms with Crippen molar-refractivity contribution in [1.82, 2.24) is 9.97 Å². The summed E-state index contributed by atoms with van der Waals surface area (Å²) in [5.41, 5.74) is 1.36. The summed E-state index contributed by atoms with van der Waals surface area (Å²) >= 11 is 12.0. The highest BCUT2D eigenvalue weighted by molar-refractivity contribution is 6.36. The number of amides is 1. The Kier molecular flexibility index (Phi) is 5.55. The van der Waals surface area contributed by atoms with Crippen LogP contribution in [0.5, 0.6) is 5.75 Å². The Morgan fingerprint density at radius 3 is 2.54 bits per heavy atom. The van der Waals surface area contributed by atoms with E-state index in [1.54, 1.807) is 36.4 Å². The van der Waals surface area contributed by atoms with Crippen molar-refractivity contribution in [1.29, 1.82) is 0 Å². The number of benzene rings is 2. The maximum absolute atomic E-state index is 12.3. The van der Waals surface area contributed by atoms with Gasteiger partial charge in [0.05, 0.1) is 35.9 Å². The smallest absolute Gasteiger partial charge is 0.275 e. The molecular weight excluding hydrogens is 375 g/mol. The number of halogens is 2. The summed E-state index contributed by atoms with van der Waals surface area (Å²) in [6.07, 6.45) is 2.82. The predicted octanol–water partition coefficient (Wildman–Crippen LogP) is 4.79. The number of hydrogen-bond acceptors (Lipinski definition) is 5. The van der Waals surface area contributed by atoms with E-state index in [-0.39, 0.29) is 5.69 Å². The zero-order valence-electron chi connectivity index (χ0n) is 13.7. The van der Waals surface area contributed by atoms with Crippen LogP contribution in [0, 0.1) is 0 Å². The molecule has 0 bridgehead atoms. The molecule has 0 unspecified atom stereocenters. The number of nitrogens with zero attached hydrogens (tertiary/aromatic N) is 2. The Balaban J connectivity index is 1.71. The number of ether oxygens (including phenoxy) is 1. The summed E-state index contributed by atoms with van der Waals surface area (Å²) in [7, 11) is 1.53. The molecule has 0 aliphatic carbocycles. The average molecular weight is 389 g/mol. The lowest BCUT2D eigenvalue weighted by Crippen LogP contribution is -2.14. The molecule has 1 aromatic heterocycles. The molecule has 26 heavy (non-hydrogen) atoms. The Morgan fingerprint density at radius 1 is 1.04 bits per heavy atom. The molecule has 2 N–H and O–H groups in total. The zero-order valence-corrected chi connectivity index (χ0v) is 15.2. The monoisotopic (exact) mass is 388 g/mol. The third kappa shape index (κ3) is 4.22. The van der Waals surface area contributed by atoms with Gasteiger partial charge in [0.15, 0.2) is 0 Å². The third-order valence-electron chi connectivity index (χ3n) is 3.43. The molecule has 0 spiro atoms. The summed E-state index contributed by atoms with van der Waals surface area (Å²) in [5, 5.41) is 6.75. The lowest BCUT2D eigenvalue weighted by molar-refractivity contribution is 0.102. The van der Waals surface area contributed by atoms with Gasteiger partial charge in [-0.05, 0) is 30.3 Å². The summed E-state index contributed by atoms with van der Waals surface area (Å²) in [6, 6.07) is 12.2. The molecule has 0 saturated heterocycles. The maximum atomic E-state index is 12.3. The molecule has 1 heterocycles. The van der Waals surface area contributed by atoms with Crippen molar-refractivity contribution in [3.63, 3.8) is 0 Å². The average Bonchev–Trinajstić information content (AvgIpc) is 2.65. The van der Waals surface area contributed by atoms with Crippen LogP contribution in [0.15, 0.2) is 54.9 Å². The van der Waals surface area contributed by atoms with Crippen LogP contribution in [0.4, 0.5) is 17.2 Å². The third-order valence-corrected chi connectivity index (χ3v) is 3.98. The topological polar surface area (TPSA) is 76.1 Å². The number of methoxy groups -OCH3 is 1. The van der Waals surface area contributed by atoms with Gasteiger partial charge in [-0.1, -0.05) is 35.3 Å². The minimum Gasteiger partial charge on any atom is -0.495 e. The second kappa shape index (κ2) is 8.03. The second-order valence-corrected chi connectivity index (χ2v) is 6.03. The number of rotatable bonds is 5. The minimum absolute atomic E-state index is 0.170. The van der Waals surface area contributed by atoms with E-state index in [4.69, 9.17) is 27.9 Å². The first-order chi connectivity index (χ1) is 12.6. The lowest BCUT2D eigenvalue weighted by Gasteiger charge is -2.10. The first-order valence-electron chi connectivity index (χ1n) is 7.55. The molecule has 1 amide bonds. The fourth-order valence-corrected chi connectivity index (χ4v) is 2.63. The van der Waals surface area contributed by atoms with Crippen LogP contribution in [0.2, 0.25) is 10.0 Å². The van der Waals surface area contributed by atoms with Gasteiger partial charge in [0.25, 0.3) is 5.91 Å². The van der Waals surface area contributed by atoms with Crippen LogP contribution in [-0.2, 0) is 0 Å². The Hall–Kier alpha value is -2.83. The van der Waals surface area contributed by atoms with E-state index in [2.05, 4.69) is 20.6 Å². The number of aromatic nitrogens is 2. The summed E-state index contributed by atoms with van der Waals surface area (Å²) in [4.78, 5) is 20.6. The predicted molar refractivity (Wildman–Crippen MR) is 103 cm³/mol. The molecule has 8 heteroatoms. The van der Waals surface area contributed by atoms with Crippen LogP contribution in [0.3, 0.4) is 0 Å². The molecule has 3 aromatic rings. The van der Waals surface area contributed by atoms with Crippen LogP contribution < -0.4 is 15.4 Å². The van der Waals surface area contributed by atoms with Gasteiger partial charge in [0.2, 0.25) is 0 Å². The van der Waals surface area contributed by atoms with Crippen molar-refractivity contribution in [3.8, 4) is 5.75 Å². The van der Waals surface area contributed by atoms with Crippen LogP contribution in [0.25, 0.3) is 0 Å². The molecule has 0 aliphatic heterocycles. The van der Waals surface area contributed by atoms with Gasteiger partial charge in [-0.2, -0.15) is 0 Å². The Bertz CT molecular complexity index is 933. The number of carbonyl (C=O) groups is 1. The van der Waals surface area contributed by atoms with E-state index >= 15 is 0 Å². The standard InChI is InChI=1S/C18H14Cl2N4O2/c1-26-16-5-3-2-4-14(16)24-18(25)15-9-22-17(10-21-15)23-13-7-6-11(19)8-12(13)20/h2-10H,1H3,(H,22,23)(H,24,25). The highest BCUT2D eigenvalue weighted by Gasteiger charge is 2.11. The summed E-state index contributed by atoms with van der Waals surface area (Å²) < 4.78 is 5.20. The number of hydrogen-bond donors (Lipinski definition) is 2. The molecular formula is C18H14Cl2N4O2. The largest absolute Gasteiger partial charge is 0.495 e. The van der Waals surface area contributed by atoms with E-state index in [1.165, 1.54) is 19.5 Å². The van der Waals surface area contributed by atoms with Gasteiger partial charge in [-0.15, -0.1) is 0 Å². The van der Waals surface area contributed by atoms with E-state index in [9.17, 15) is 4.79 Å². The first-order valence-corrected chi connectivity index (χ1v) is 8.31. The SMILES string of the molecule is COc1ccccc1NC(=O)c1cnc(Nc2ccc(Cl)cc2Cl)cn1. The molecule has 2 aromatic carbocycles. The highest BCUT2D eigenvalue weighted by atomic mass is 35.5. The quantitative estimate of drug-likeness (QED) is 0.656. The van der Waals surface area contributed by atoms with E-state index in [0.29, 0.717) is 33.0 Å². The van der Waals surface area contributed by atoms with Gasteiger partial charge in [0, 0.05) is 5.02 Å². The molecule has 0 fully saturated rings. The number of anilines is 3. The fraction of sp³-hybridized carbons (Fsp3) is 0.0556. The molecule has 0 atom stereocenters. The normalized spacial score (nSPS) is 10.3. The molecule has 132 valence electrons. The first kappa shape index (κ1) is 18.0. The highest BCUT2D eigenvalue weighted by Crippen LogP contribution is 2.27. The van der Waals surface area contributed by atoms with Gasteiger partial charge in [-0.25, -0.2) is 9.97 Å². The van der Waals surface area contributed by atoms with Crippen molar-refractivity contribution in [2.75, 3.05) is 17.7 Å². The lowest BCUT2D eigenvalue weighted by atomic mass is 10.3. The Labute approximate surface area is 160 Å². The van der Waals surface area contributed by atoms with Crippen molar-refractivity contribution in [2.45, 2.75) is 0 Å². The number of nitrogens with one attached hydrogen (secondary N) is 2. The molecule has 0 saturated carbocycles.